The minimum absolute atomic E-state index is 0.318. The first-order valence-corrected chi connectivity index (χ1v) is 7.77. The van der Waals surface area contributed by atoms with E-state index >= 15 is 0 Å². The van der Waals surface area contributed by atoms with Gasteiger partial charge in [-0.3, -0.25) is 9.78 Å². The molecule has 6 heteroatoms. The van der Waals surface area contributed by atoms with Crippen molar-refractivity contribution in [2.45, 2.75) is 12.7 Å². The van der Waals surface area contributed by atoms with Gasteiger partial charge in [0.05, 0.1) is 5.69 Å². The van der Waals surface area contributed by atoms with Crippen LogP contribution < -0.4 is 16.2 Å². The number of hydrogen-bond donors (Lipinski definition) is 2. The van der Waals surface area contributed by atoms with Crippen LogP contribution in [0, 0.1) is 0 Å². The van der Waals surface area contributed by atoms with Gasteiger partial charge in [-0.1, -0.05) is 24.3 Å². The lowest BCUT2D eigenvalue weighted by Crippen LogP contribution is -2.23. The van der Waals surface area contributed by atoms with Crippen molar-refractivity contribution in [2.75, 3.05) is 12.8 Å². The minimum Gasteiger partial charge on any atom is -0.488 e. The van der Waals surface area contributed by atoms with Crippen molar-refractivity contribution in [1.82, 2.24) is 4.98 Å². The van der Waals surface area contributed by atoms with Crippen molar-refractivity contribution in [1.29, 1.82) is 0 Å². The third-order valence-corrected chi connectivity index (χ3v) is 3.92. The van der Waals surface area contributed by atoms with Crippen molar-refractivity contribution in [3.63, 3.8) is 0 Å². The first-order chi connectivity index (χ1) is 12.1. The van der Waals surface area contributed by atoms with E-state index in [2.05, 4.69) is 4.98 Å². The lowest BCUT2D eigenvalue weighted by atomic mass is 10.1. The van der Waals surface area contributed by atoms with Gasteiger partial charge in [0.15, 0.2) is 6.10 Å². The Balaban J connectivity index is 1.83. The average molecular weight is 337 g/mol. The van der Waals surface area contributed by atoms with E-state index in [9.17, 15) is 4.79 Å². The number of benzene rings is 2. The highest BCUT2D eigenvalue weighted by Crippen LogP contribution is 2.30. The van der Waals surface area contributed by atoms with Gasteiger partial charge in [0.25, 0.3) is 5.91 Å². The van der Waals surface area contributed by atoms with E-state index < -0.39 is 12.0 Å². The van der Waals surface area contributed by atoms with Crippen molar-refractivity contribution >= 4 is 22.4 Å². The Kier molecular flexibility index (Phi) is 4.81. The third kappa shape index (κ3) is 3.54. The molecule has 0 radical (unpaired) electrons. The average Bonchev–Trinajstić information content (AvgIpc) is 2.62. The summed E-state index contributed by atoms with van der Waals surface area (Å²) in [7, 11) is 1.42. The molecule has 1 aromatic heterocycles. The topological polar surface area (TPSA) is 100 Å². The molecular formula is C19H19N3O3. The summed E-state index contributed by atoms with van der Waals surface area (Å²) in [4.78, 5) is 15.6. The van der Waals surface area contributed by atoms with Gasteiger partial charge >= 0.3 is 0 Å². The molecule has 4 N–H and O–H groups in total. The summed E-state index contributed by atoms with van der Waals surface area (Å²) in [5.74, 6) is 0.152. The van der Waals surface area contributed by atoms with E-state index in [0.717, 1.165) is 22.1 Å². The summed E-state index contributed by atoms with van der Waals surface area (Å²) >= 11 is 0. The van der Waals surface area contributed by atoms with Crippen LogP contribution in [0.2, 0.25) is 0 Å². The van der Waals surface area contributed by atoms with Crippen LogP contribution in [0.4, 0.5) is 5.69 Å². The number of amides is 1. The highest BCUT2D eigenvalue weighted by Gasteiger charge is 2.18. The fraction of sp³-hybridized carbons (Fsp3) is 0.158. The van der Waals surface area contributed by atoms with Crippen molar-refractivity contribution in [3.8, 4) is 5.75 Å². The lowest BCUT2D eigenvalue weighted by molar-refractivity contribution is -0.128. The van der Waals surface area contributed by atoms with Gasteiger partial charge in [-0.2, -0.15) is 0 Å². The van der Waals surface area contributed by atoms with E-state index in [4.69, 9.17) is 20.9 Å². The molecule has 1 unspecified atom stereocenters. The van der Waals surface area contributed by atoms with Crippen LogP contribution >= 0.6 is 0 Å². The van der Waals surface area contributed by atoms with Crippen LogP contribution in [0.3, 0.4) is 0 Å². The third-order valence-electron chi connectivity index (χ3n) is 3.92. The number of aromatic nitrogens is 1. The zero-order chi connectivity index (χ0) is 17.8. The molecule has 0 aliphatic carbocycles. The number of pyridine rings is 1. The van der Waals surface area contributed by atoms with Gasteiger partial charge in [-0.05, 0) is 29.8 Å². The first kappa shape index (κ1) is 16.7. The predicted molar refractivity (Wildman–Crippen MR) is 95.9 cm³/mol. The minimum atomic E-state index is -0.877. The number of anilines is 1. The zero-order valence-electron chi connectivity index (χ0n) is 13.8. The molecule has 128 valence electrons. The summed E-state index contributed by atoms with van der Waals surface area (Å²) < 4.78 is 11.0. The lowest BCUT2D eigenvalue weighted by Gasteiger charge is -2.13. The number of nitrogens with two attached hydrogens (primary N) is 2. The number of primary amides is 1. The highest BCUT2D eigenvalue weighted by atomic mass is 16.5. The SMILES string of the molecule is COC(C(N)=O)c1cc(COc2ccc(N)c3ccccc23)ccn1. The van der Waals surface area contributed by atoms with Gasteiger partial charge in [-0.15, -0.1) is 0 Å². The summed E-state index contributed by atoms with van der Waals surface area (Å²) in [5, 5.41) is 1.90. The van der Waals surface area contributed by atoms with Crippen LogP contribution in [-0.2, 0) is 16.1 Å². The molecular weight excluding hydrogens is 318 g/mol. The Bertz CT molecular complexity index is 911. The molecule has 1 atom stereocenters. The second-order valence-electron chi connectivity index (χ2n) is 5.59. The molecule has 0 spiro atoms. The normalized spacial score (nSPS) is 12.0. The zero-order valence-corrected chi connectivity index (χ0v) is 13.8. The maximum atomic E-state index is 11.4. The molecule has 3 aromatic rings. The number of carbonyl (C=O) groups is 1. The molecule has 1 amide bonds. The molecule has 0 bridgehead atoms. The second kappa shape index (κ2) is 7.19. The quantitative estimate of drug-likeness (QED) is 0.673. The molecule has 25 heavy (non-hydrogen) atoms. The van der Waals surface area contributed by atoms with Gasteiger partial charge < -0.3 is 20.9 Å². The summed E-state index contributed by atoms with van der Waals surface area (Å²) in [6, 6.07) is 15.0. The monoisotopic (exact) mass is 337 g/mol. The number of ether oxygens (including phenoxy) is 2. The molecule has 0 aliphatic heterocycles. The Morgan fingerprint density at radius 3 is 2.64 bits per heavy atom. The fourth-order valence-corrected chi connectivity index (χ4v) is 2.69. The van der Waals surface area contributed by atoms with Crippen LogP contribution in [0.5, 0.6) is 5.75 Å². The Morgan fingerprint density at radius 1 is 1.16 bits per heavy atom. The maximum Gasteiger partial charge on any atom is 0.252 e. The smallest absolute Gasteiger partial charge is 0.252 e. The Morgan fingerprint density at radius 2 is 1.92 bits per heavy atom. The predicted octanol–water partition coefficient (Wildman–Crippen LogP) is 2.57. The highest BCUT2D eigenvalue weighted by molar-refractivity contribution is 5.96. The summed E-state index contributed by atoms with van der Waals surface area (Å²) in [6.45, 7) is 0.318. The van der Waals surface area contributed by atoms with Crippen molar-refractivity contribution in [2.24, 2.45) is 5.73 Å². The van der Waals surface area contributed by atoms with E-state index in [0.29, 0.717) is 18.0 Å². The number of hydrogen-bond acceptors (Lipinski definition) is 5. The van der Waals surface area contributed by atoms with E-state index in [1.807, 2.05) is 42.5 Å². The number of carbonyl (C=O) groups excluding carboxylic acids is 1. The largest absolute Gasteiger partial charge is 0.488 e. The first-order valence-electron chi connectivity index (χ1n) is 7.77. The van der Waals surface area contributed by atoms with Gasteiger partial charge in [0, 0.05) is 29.8 Å². The Hall–Kier alpha value is -3.12. The molecule has 0 aliphatic rings. The summed E-state index contributed by atoms with van der Waals surface area (Å²) in [6.07, 6.45) is 0.724. The van der Waals surface area contributed by atoms with Crippen LogP contribution in [0.25, 0.3) is 10.8 Å². The summed E-state index contributed by atoms with van der Waals surface area (Å²) in [5.41, 5.74) is 13.4. The van der Waals surface area contributed by atoms with Crippen molar-refractivity contribution in [3.05, 3.63) is 66.0 Å². The fourth-order valence-electron chi connectivity index (χ4n) is 2.69. The van der Waals surface area contributed by atoms with Crippen molar-refractivity contribution < 1.29 is 14.3 Å². The van der Waals surface area contributed by atoms with Gasteiger partial charge in [0.1, 0.15) is 12.4 Å². The molecule has 6 nitrogen and oxygen atoms in total. The van der Waals surface area contributed by atoms with Gasteiger partial charge in [0.2, 0.25) is 0 Å². The van der Waals surface area contributed by atoms with Crippen LogP contribution in [0.1, 0.15) is 17.4 Å². The standard InChI is InChI=1S/C19H19N3O3/c1-24-18(19(21)23)16-10-12(8-9-22-16)11-25-17-7-6-15(20)13-4-2-3-5-14(13)17/h2-10,18H,11,20H2,1H3,(H2,21,23). The molecule has 3 rings (SSSR count). The number of fused-ring (bicyclic) bond motifs is 1. The number of nitrogen functional groups attached to an aromatic ring is 1. The second-order valence-corrected chi connectivity index (χ2v) is 5.59. The number of methoxy groups -OCH3 is 1. The Labute approximate surface area is 145 Å². The molecule has 2 aromatic carbocycles. The van der Waals surface area contributed by atoms with Gasteiger partial charge in [-0.25, -0.2) is 0 Å². The van der Waals surface area contributed by atoms with E-state index in [-0.39, 0.29) is 0 Å². The molecule has 0 saturated carbocycles. The molecule has 0 saturated heterocycles. The van der Waals surface area contributed by atoms with Crippen LogP contribution in [-0.4, -0.2) is 18.0 Å². The van der Waals surface area contributed by atoms with Crippen LogP contribution in [0.15, 0.2) is 54.7 Å². The maximum absolute atomic E-state index is 11.4. The van der Waals surface area contributed by atoms with E-state index in [1.54, 1.807) is 12.3 Å². The number of nitrogens with zero attached hydrogens (tertiary/aromatic N) is 1. The van der Waals surface area contributed by atoms with E-state index in [1.165, 1.54) is 7.11 Å². The molecule has 1 heterocycles. The molecule has 0 fully saturated rings. The number of rotatable bonds is 6.